The summed E-state index contributed by atoms with van der Waals surface area (Å²) < 4.78 is 5.72. The van der Waals surface area contributed by atoms with Gasteiger partial charge < -0.3 is 9.64 Å². The third-order valence-corrected chi connectivity index (χ3v) is 2.99. The maximum Gasteiger partial charge on any atom is 0.261 e. The highest BCUT2D eigenvalue weighted by molar-refractivity contribution is 6.09. The van der Waals surface area contributed by atoms with Gasteiger partial charge in [-0.2, -0.15) is 0 Å². The Kier molecular flexibility index (Phi) is 2.30. The standard InChI is InChI=1S/C14H12N2O2/c1-9-5-6-12-10(8-9)14(17)16(2)11-4-3-7-15-13(11)18-12/h3-8H,1-2H3. The molecule has 2 aromatic rings. The van der Waals surface area contributed by atoms with Crippen LogP contribution in [-0.2, 0) is 0 Å². The summed E-state index contributed by atoms with van der Waals surface area (Å²) in [5.74, 6) is 0.923. The molecule has 1 aliphatic rings. The highest BCUT2D eigenvalue weighted by Gasteiger charge is 2.26. The third kappa shape index (κ3) is 1.54. The average molecular weight is 240 g/mol. The molecule has 1 aliphatic heterocycles. The summed E-state index contributed by atoms with van der Waals surface area (Å²) in [5.41, 5.74) is 2.27. The van der Waals surface area contributed by atoms with Crippen LogP contribution in [-0.4, -0.2) is 17.9 Å². The van der Waals surface area contributed by atoms with Gasteiger partial charge in [-0.05, 0) is 31.2 Å². The Morgan fingerprint density at radius 3 is 2.94 bits per heavy atom. The first-order chi connectivity index (χ1) is 8.66. The van der Waals surface area contributed by atoms with E-state index >= 15 is 0 Å². The van der Waals surface area contributed by atoms with E-state index in [1.54, 1.807) is 30.3 Å². The van der Waals surface area contributed by atoms with Crippen LogP contribution in [0.15, 0.2) is 36.5 Å². The number of benzene rings is 1. The zero-order valence-corrected chi connectivity index (χ0v) is 10.2. The molecule has 0 atom stereocenters. The molecule has 0 saturated carbocycles. The van der Waals surface area contributed by atoms with Crippen molar-refractivity contribution in [2.24, 2.45) is 0 Å². The van der Waals surface area contributed by atoms with Gasteiger partial charge in [-0.15, -0.1) is 0 Å². The summed E-state index contributed by atoms with van der Waals surface area (Å²) in [6, 6.07) is 9.16. The van der Waals surface area contributed by atoms with Gasteiger partial charge in [0, 0.05) is 13.2 Å². The molecular formula is C14H12N2O2. The molecule has 1 aromatic heterocycles. The Bertz CT molecular complexity index is 637. The number of rotatable bonds is 0. The molecular weight excluding hydrogens is 228 g/mol. The number of ether oxygens (including phenoxy) is 1. The van der Waals surface area contributed by atoms with Crippen molar-refractivity contribution >= 4 is 11.6 Å². The summed E-state index contributed by atoms with van der Waals surface area (Å²) in [6.45, 7) is 1.95. The minimum atomic E-state index is -0.0829. The fraction of sp³-hybridized carbons (Fsp3) is 0.143. The van der Waals surface area contributed by atoms with Crippen molar-refractivity contribution in [1.82, 2.24) is 4.98 Å². The van der Waals surface area contributed by atoms with Crippen LogP contribution in [0.5, 0.6) is 11.6 Å². The van der Waals surface area contributed by atoms with E-state index in [4.69, 9.17) is 4.74 Å². The second-order valence-electron chi connectivity index (χ2n) is 4.29. The van der Waals surface area contributed by atoms with Crippen molar-refractivity contribution in [3.8, 4) is 11.6 Å². The number of fused-ring (bicyclic) bond motifs is 2. The van der Waals surface area contributed by atoms with E-state index in [1.807, 2.05) is 25.1 Å². The van der Waals surface area contributed by atoms with E-state index in [0.717, 1.165) is 5.56 Å². The Morgan fingerprint density at radius 1 is 1.28 bits per heavy atom. The maximum atomic E-state index is 12.4. The van der Waals surface area contributed by atoms with Gasteiger partial charge in [0.1, 0.15) is 11.4 Å². The van der Waals surface area contributed by atoms with Gasteiger partial charge in [-0.25, -0.2) is 4.98 Å². The second kappa shape index (κ2) is 3.84. The number of carbonyl (C=O) groups is 1. The van der Waals surface area contributed by atoms with Crippen molar-refractivity contribution in [2.45, 2.75) is 6.92 Å². The van der Waals surface area contributed by atoms with E-state index < -0.39 is 0 Å². The Morgan fingerprint density at radius 2 is 2.11 bits per heavy atom. The van der Waals surface area contributed by atoms with Gasteiger partial charge in [0.2, 0.25) is 5.88 Å². The average Bonchev–Trinajstić information content (AvgIpc) is 2.48. The molecule has 0 spiro atoms. The van der Waals surface area contributed by atoms with Crippen LogP contribution in [0.25, 0.3) is 0 Å². The molecule has 4 nitrogen and oxygen atoms in total. The van der Waals surface area contributed by atoms with Gasteiger partial charge in [0.05, 0.1) is 5.56 Å². The van der Waals surface area contributed by atoms with Crippen LogP contribution >= 0.6 is 0 Å². The summed E-state index contributed by atoms with van der Waals surface area (Å²) in [6.07, 6.45) is 1.65. The Hall–Kier alpha value is -2.36. The van der Waals surface area contributed by atoms with Crippen molar-refractivity contribution in [1.29, 1.82) is 0 Å². The van der Waals surface area contributed by atoms with Gasteiger partial charge in [-0.1, -0.05) is 11.6 Å². The highest BCUT2D eigenvalue weighted by Crippen LogP contribution is 2.36. The molecule has 1 amide bonds. The van der Waals surface area contributed by atoms with E-state index in [1.165, 1.54) is 0 Å². The first-order valence-electron chi connectivity index (χ1n) is 5.68. The van der Waals surface area contributed by atoms with Crippen LogP contribution in [0.2, 0.25) is 0 Å². The van der Waals surface area contributed by atoms with Crippen LogP contribution in [0, 0.1) is 6.92 Å². The lowest BCUT2D eigenvalue weighted by Gasteiger charge is -2.15. The molecule has 0 radical (unpaired) electrons. The van der Waals surface area contributed by atoms with Crippen LogP contribution < -0.4 is 9.64 Å². The number of anilines is 1. The van der Waals surface area contributed by atoms with Crippen LogP contribution in [0.1, 0.15) is 15.9 Å². The number of nitrogens with zero attached hydrogens (tertiary/aromatic N) is 2. The zero-order chi connectivity index (χ0) is 12.7. The quantitative estimate of drug-likeness (QED) is 0.711. The first-order valence-corrected chi connectivity index (χ1v) is 5.68. The van der Waals surface area contributed by atoms with E-state index in [-0.39, 0.29) is 5.91 Å². The normalized spacial score (nSPS) is 13.4. The molecule has 1 aromatic carbocycles. The van der Waals surface area contributed by atoms with E-state index in [2.05, 4.69) is 4.98 Å². The summed E-state index contributed by atoms with van der Waals surface area (Å²) in [7, 11) is 1.73. The predicted octanol–water partition coefficient (Wildman–Crippen LogP) is 2.77. The summed E-state index contributed by atoms with van der Waals surface area (Å²) in [5, 5.41) is 0. The molecule has 3 rings (SSSR count). The SMILES string of the molecule is Cc1ccc2c(c1)C(=O)N(C)c1cccnc1O2. The maximum absolute atomic E-state index is 12.4. The number of hydrogen-bond donors (Lipinski definition) is 0. The van der Waals surface area contributed by atoms with Gasteiger partial charge in [-0.3, -0.25) is 4.79 Å². The lowest BCUT2D eigenvalue weighted by atomic mass is 10.1. The van der Waals surface area contributed by atoms with Crippen molar-refractivity contribution in [2.75, 3.05) is 11.9 Å². The minimum absolute atomic E-state index is 0.0829. The van der Waals surface area contributed by atoms with Crippen LogP contribution in [0.4, 0.5) is 5.69 Å². The fourth-order valence-corrected chi connectivity index (χ4v) is 2.01. The molecule has 4 heteroatoms. The smallest absolute Gasteiger partial charge is 0.261 e. The highest BCUT2D eigenvalue weighted by atomic mass is 16.5. The molecule has 18 heavy (non-hydrogen) atoms. The lowest BCUT2D eigenvalue weighted by molar-refractivity contribution is 0.0993. The Balaban J connectivity index is 2.23. The zero-order valence-electron chi connectivity index (χ0n) is 10.2. The Labute approximate surface area is 105 Å². The number of hydrogen-bond acceptors (Lipinski definition) is 3. The predicted molar refractivity (Wildman–Crippen MR) is 68.2 cm³/mol. The van der Waals surface area contributed by atoms with E-state index in [0.29, 0.717) is 22.9 Å². The fourth-order valence-electron chi connectivity index (χ4n) is 2.01. The van der Waals surface area contributed by atoms with Crippen LogP contribution in [0.3, 0.4) is 0 Å². The topological polar surface area (TPSA) is 42.4 Å². The van der Waals surface area contributed by atoms with Crippen molar-refractivity contribution in [3.63, 3.8) is 0 Å². The monoisotopic (exact) mass is 240 g/mol. The molecule has 2 heterocycles. The molecule has 0 N–H and O–H groups in total. The lowest BCUT2D eigenvalue weighted by Crippen LogP contribution is -2.25. The largest absolute Gasteiger partial charge is 0.436 e. The molecule has 0 aliphatic carbocycles. The first kappa shape index (κ1) is 10.8. The third-order valence-electron chi connectivity index (χ3n) is 2.99. The number of aromatic nitrogens is 1. The summed E-state index contributed by atoms with van der Waals surface area (Å²) in [4.78, 5) is 18.1. The number of pyridine rings is 1. The number of carbonyl (C=O) groups excluding carboxylic acids is 1. The van der Waals surface area contributed by atoms with Gasteiger partial charge in [0.15, 0.2) is 0 Å². The van der Waals surface area contributed by atoms with Crippen molar-refractivity contribution in [3.05, 3.63) is 47.7 Å². The summed E-state index contributed by atoms with van der Waals surface area (Å²) >= 11 is 0. The number of aryl methyl sites for hydroxylation is 1. The number of amides is 1. The minimum Gasteiger partial charge on any atom is -0.436 e. The molecule has 0 unspecified atom stereocenters. The molecule has 0 saturated heterocycles. The molecule has 90 valence electrons. The van der Waals surface area contributed by atoms with Gasteiger partial charge in [0.25, 0.3) is 5.91 Å². The molecule has 0 fully saturated rings. The van der Waals surface area contributed by atoms with E-state index in [9.17, 15) is 4.79 Å². The molecule has 0 bridgehead atoms. The second-order valence-corrected chi connectivity index (χ2v) is 4.29. The van der Waals surface area contributed by atoms with Gasteiger partial charge >= 0.3 is 0 Å². The van der Waals surface area contributed by atoms with Crippen molar-refractivity contribution < 1.29 is 9.53 Å².